The van der Waals surface area contributed by atoms with Crippen LogP contribution in [0, 0.1) is 0 Å². The van der Waals surface area contributed by atoms with Gasteiger partial charge in [-0.3, -0.25) is 4.79 Å². The highest BCUT2D eigenvalue weighted by Gasteiger charge is 2.35. The molecule has 1 aliphatic heterocycles. The SMILES string of the molecule is COCC(N)C(=O)N1CC(C)OC(C)(C)C1.Cl. The van der Waals surface area contributed by atoms with Crippen LogP contribution in [0.3, 0.4) is 0 Å². The number of nitrogens with zero attached hydrogens (tertiary/aromatic N) is 1. The summed E-state index contributed by atoms with van der Waals surface area (Å²) in [4.78, 5) is 13.7. The Kier molecular flexibility index (Phi) is 6.40. The third-order valence-corrected chi connectivity index (χ3v) is 2.54. The van der Waals surface area contributed by atoms with Gasteiger partial charge in [-0.2, -0.15) is 0 Å². The molecule has 1 fully saturated rings. The van der Waals surface area contributed by atoms with Gasteiger partial charge in [0.2, 0.25) is 5.91 Å². The van der Waals surface area contributed by atoms with Gasteiger partial charge in [0, 0.05) is 20.2 Å². The molecule has 102 valence electrons. The van der Waals surface area contributed by atoms with Crippen molar-refractivity contribution in [1.82, 2.24) is 4.90 Å². The Balaban J connectivity index is 0.00000256. The summed E-state index contributed by atoms with van der Waals surface area (Å²) in [7, 11) is 1.54. The average molecular weight is 267 g/mol. The molecule has 2 unspecified atom stereocenters. The number of halogens is 1. The Hall–Kier alpha value is -0.360. The average Bonchev–Trinajstić information content (AvgIpc) is 2.13. The molecule has 17 heavy (non-hydrogen) atoms. The first-order valence-corrected chi connectivity index (χ1v) is 5.57. The van der Waals surface area contributed by atoms with Crippen LogP contribution in [0.5, 0.6) is 0 Å². The van der Waals surface area contributed by atoms with E-state index in [1.807, 2.05) is 20.8 Å². The fourth-order valence-corrected chi connectivity index (χ4v) is 2.11. The van der Waals surface area contributed by atoms with Crippen LogP contribution in [0.4, 0.5) is 0 Å². The Morgan fingerprint density at radius 2 is 2.24 bits per heavy atom. The van der Waals surface area contributed by atoms with Gasteiger partial charge in [0.15, 0.2) is 0 Å². The first kappa shape index (κ1) is 16.6. The molecule has 0 aromatic heterocycles. The zero-order valence-electron chi connectivity index (χ0n) is 10.9. The summed E-state index contributed by atoms with van der Waals surface area (Å²) in [6.45, 7) is 7.34. The highest BCUT2D eigenvalue weighted by molar-refractivity contribution is 5.85. The van der Waals surface area contributed by atoms with E-state index < -0.39 is 6.04 Å². The lowest BCUT2D eigenvalue weighted by Crippen LogP contribution is -2.57. The number of amides is 1. The molecular formula is C11H23ClN2O3. The van der Waals surface area contributed by atoms with E-state index in [9.17, 15) is 4.79 Å². The minimum atomic E-state index is -0.578. The standard InChI is InChI=1S/C11H22N2O3.ClH/c1-8-5-13(7-11(2,3)16-8)10(14)9(12)6-15-4;/h8-9H,5-7,12H2,1-4H3;1H. The number of carbonyl (C=O) groups is 1. The molecule has 0 spiro atoms. The zero-order valence-corrected chi connectivity index (χ0v) is 11.8. The van der Waals surface area contributed by atoms with Gasteiger partial charge in [-0.05, 0) is 20.8 Å². The molecule has 0 aromatic rings. The first-order valence-electron chi connectivity index (χ1n) is 5.57. The van der Waals surface area contributed by atoms with E-state index >= 15 is 0 Å². The molecule has 1 rings (SSSR count). The van der Waals surface area contributed by atoms with Gasteiger partial charge in [0.05, 0.1) is 18.3 Å². The van der Waals surface area contributed by atoms with Crippen LogP contribution in [-0.2, 0) is 14.3 Å². The maximum Gasteiger partial charge on any atom is 0.242 e. The minimum Gasteiger partial charge on any atom is -0.383 e. The number of methoxy groups -OCH3 is 1. The monoisotopic (exact) mass is 266 g/mol. The molecule has 6 heteroatoms. The van der Waals surface area contributed by atoms with Crippen LogP contribution < -0.4 is 5.73 Å². The molecular weight excluding hydrogens is 244 g/mol. The third-order valence-electron chi connectivity index (χ3n) is 2.54. The number of ether oxygens (including phenoxy) is 2. The van der Waals surface area contributed by atoms with Gasteiger partial charge in [-0.15, -0.1) is 12.4 Å². The number of carbonyl (C=O) groups excluding carboxylic acids is 1. The molecule has 1 heterocycles. The largest absolute Gasteiger partial charge is 0.383 e. The van der Waals surface area contributed by atoms with Crippen LogP contribution in [0.25, 0.3) is 0 Å². The molecule has 0 bridgehead atoms. The number of morpholine rings is 1. The number of hydrogen-bond acceptors (Lipinski definition) is 4. The number of rotatable bonds is 3. The van der Waals surface area contributed by atoms with Crippen molar-refractivity contribution < 1.29 is 14.3 Å². The van der Waals surface area contributed by atoms with Crippen molar-refractivity contribution in [3.63, 3.8) is 0 Å². The van der Waals surface area contributed by atoms with Gasteiger partial charge in [0.25, 0.3) is 0 Å². The van der Waals surface area contributed by atoms with Crippen molar-refractivity contribution in [3.05, 3.63) is 0 Å². The highest BCUT2D eigenvalue weighted by atomic mass is 35.5. The van der Waals surface area contributed by atoms with E-state index in [0.29, 0.717) is 13.1 Å². The Labute approximate surface area is 109 Å². The lowest BCUT2D eigenvalue weighted by Gasteiger charge is -2.42. The second kappa shape index (κ2) is 6.54. The lowest BCUT2D eigenvalue weighted by atomic mass is 10.0. The molecule has 0 aliphatic carbocycles. The fourth-order valence-electron chi connectivity index (χ4n) is 2.11. The summed E-state index contributed by atoms with van der Waals surface area (Å²) in [5.41, 5.74) is 5.43. The summed E-state index contributed by atoms with van der Waals surface area (Å²) in [5.74, 6) is -0.0647. The topological polar surface area (TPSA) is 64.8 Å². The summed E-state index contributed by atoms with van der Waals surface area (Å²) < 4.78 is 10.6. The molecule has 1 saturated heterocycles. The van der Waals surface area contributed by atoms with Gasteiger partial charge in [-0.25, -0.2) is 0 Å². The van der Waals surface area contributed by atoms with Gasteiger partial charge < -0.3 is 20.1 Å². The molecule has 0 radical (unpaired) electrons. The maximum atomic E-state index is 12.0. The van der Waals surface area contributed by atoms with E-state index in [-0.39, 0.29) is 36.6 Å². The van der Waals surface area contributed by atoms with Crippen molar-refractivity contribution >= 4 is 18.3 Å². The predicted molar refractivity (Wildman–Crippen MR) is 68.3 cm³/mol. The molecule has 1 amide bonds. The molecule has 5 nitrogen and oxygen atoms in total. The van der Waals surface area contributed by atoms with Gasteiger partial charge in [-0.1, -0.05) is 0 Å². The summed E-state index contributed by atoms with van der Waals surface area (Å²) >= 11 is 0. The zero-order chi connectivity index (χ0) is 12.3. The molecule has 2 atom stereocenters. The van der Waals surface area contributed by atoms with Crippen LogP contribution in [0.1, 0.15) is 20.8 Å². The van der Waals surface area contributed by atoms with Crippen LogP contribution in [0.2, 0.25) is 0 Å². The third kappa shape index (κ3) is 4.79. The molecule has 1 aliphatic rings. The van der Waals surface area contributed by atoms with Crippen molar-refractivity contribution in [2.75, 3.05) is 26.8 Å². The predicted octanol–water partition coefficient (Wildman–Crippen LogP) is 0.408. The van der Waals surface area contributed by atoms with E-state index in [1.54, 1.807) is 12.0 Å². The van der Waals surface area contributed by atoms with E-state index in [0.717, 1.165) is 0 Å². The van der Waals surface area contributed by atoms with Crippen molar-refractivity contribution in [2.24, 2.45) is 5.73 Å². The molecule has 0 saturated carbocycles. The van der Waals surface area contributed by atoms with Gasteiger partial charge >= 0.3 is 0 Å². The number of nitrogens with two attached hydrogens (primary N) is 1. The van der Waals surface area contributed by atoms with Crippen molar-refractivity contribution in [3.8, 4) is 0 Å². The second-order valence-corrected chi connectivity index (χ2v) is 4.97. The summed E-state index contributed by atoms with van der Waals surface area (Å²) in [6.07, 6.45) is 0.0439. The fraction of sp³-hybridized carbons (Fsp3) is 0.909. The van der Waals surface area contributed by atoms with E-state index in [4.69, 9.17) is 15.2 Å². The molecule has 2 N–H and O–H groups in total. The van der Waals surface area contributed by atoms with Crippen LogP contribution in [0.15, 0.2) is 0 Å². The van der Waals surface area contributed by atoms with Crippen LogP contribution in [-0.4, -0.2) is 55.4 Å². The number of hydrogen-bond donors (Lipinski definition) is 1. The summed E-state index contributed by atoms with van der Waals surface area (Å²) in [5, 5.41) is 0. The van der Waals surface area contributed by atoms with Crippen molar-refractivity contribution in [2.45, 2.75) is 38.5 Å². The van der Waals surface area contributed by atoms with E-state index in [1.165, 1.54) is 0 Å². The second-order valence-electron chi connectivity index (χ2n) is 4.97. The quantitative estimate of drug-likeness (QED) is 0.804. The van der Waals surface area contributed by atoms with E-state index in [2.05, 4.69) is 0 Å². The lowest BCUT2D eigenvalue weighted by molar-refractivity contribution is -0.160. The Bertz CT molecular complexity index is 261. The van der Waals surface area contributed by atoms with Crippen molar-refractivity contribution in [1.29, 1.82) is 0 Å². The highest BCUT2D eigenvalue weighted by Crippen LogP contribution is 2.21. The smallest absolute Gasteiger partial charge is 0.242 e. The summed E-state index contributed by atoms with van der Waals surface area (Å²) in [6, 6.07) is -0.578. The first-order chi connectivity index (χ1) is 7.35. The minimum absolute atomic E-state index is 0. The van der Waals surface area contributed by atoms with Gasteiger partial charge in [0.1, 0.15) is 6.04 Å². The Morgan fingerprint density at radius 1 is 1.65 bits per heavy atom. The maximum absolute atomic E-state index is 12.0. The molecule has 0 aromatic carbocycles. The normalized spacial score (nSPS) is 25.0. The Morgan fingerprint density at radius 3 is 2.71 bits per heavy atom. The van der Waals surface area contributed by atoms with Crippen LogP contribution >= 0.6 is 12.4 Å².